The number of carbonyl (C=O) groups excluding carboxylic acids is 2. The highest BCUT2D eigenvalue weighted by molar-refractivity contribution is 7.17. The van der Waals surface area contributed by atoms with E-state index in [4.69, 9.17) is 10.5 Å². The van der Waals surface area contributed by atoms with Crippen LogP contribution in [0.4, 0.5) is 23.0 Å². The molecule has 0 atom stereocenters. The summed E-state index contributed by atoms with van der Waals surface area (Å²) in [6, 6.07) is 0. The predicted octanol–water partition coefficient (Wildman–Crippen LogP) is -0.432. The number of primary amides is 1. The fourth-order valence-corrected chi connectivity index (χ4v) is 3.38. The van der Waals surface area contributed by atoms with E-state index in [0.717, 1.165) is 37.0 Å². The molecular formula is C17H24N10O3S. The summed E-state index contributed by atoms with van der Waals surface area (Å²) >= 11 is 1.08. The number of nitrogens with two attached hydrogens (primary N) is 1. The van der Waals surface area contributed by atoms with Crippen LogP contribution in [0.5, 0.6) is 0 Å². The van der Waals surface area contributed by atoms with Crippen LogP contribution >= 0.6 is 11.3 Å². The van der Waals surface area contributed by atoms with E-state index >= 15 is 0 Å². The third kappa shape index (κ3) is 6.31. The van der Waals surface area contributed by atoms with Crippen LogP contribution in [0.25, 0.3) is 0 Å². The monoisotopic (exact) mass is 448 g/mol. The third-order valence-electron chi connectivity index (χ3n) is 4.34. The number of piperazine rings is 1. The first kappa shape index (κ1) is 22.3. The Bertz CT molecular complexity index is 929. The molecule has 3 rings (SSSR count). The molecule has 31 heavy (non-hydrogen) atoms. The van der Waals surface area contributed by atoms with Crippen LogP contribution in [0, 0.1) is 0 Å². The van der Waals surface area contributed by atoms with E-state index < -0.39 is 11.8 Å². The number of nitrogens with one attached hydrogen (secondary N) is 3. The highest BCUT2D eigenvalue weighted by Gasteiger charge is 2.21. The minimum atomic E-state index is -0.567. The second kappa shape index (κ2) is 10.6. The maximum Gasteiger partial charge on any atom is 0.261 e. The van der Waals surface area contributed by atoms with Gasteiger partial charge in [0.15, 0.2) is 5.13 Å². The number of aromatic nitrogens is 4. The van der Waals surface area contributed by atoms with Crippen molar-refractivity contribution in [2.45, 2.75) is 0 Å². The van der Waals surface area contributed by atoms with Crippen molar-refractivity contribution in [3.8, 4) is 0 Å². The van der Waals surface area contributed by atoms with Gasteiger partial charge in [0.1, 0.15) is 4.88 Å². The van der Waals surface area contributed by atoms with Gasteiger partial charge >= 0.3 is 0 Å². The predicted molar refractivity (Wildman–Crippen MR) is 116 cm³/mol. The van der Waals surface area contributed by atoms with Gasteiger partial charge in [-0.1, -0.05) is 17.9 Å². The van der Waals surface area contributed by atoms with E-state index in [1.807, 2.05) is 4.90 Å². The normalized spacial score (nSPS) is 14.2. The Morgan fingerprint density at radius 2 is 2.00 bits per heavy atom. The Balaban J connectivity index is 1.77. The van der Waals surface area contributed by atoms with Crippen molar-refractivity contribution in [2.75, 3.05) is 62.1 Å². The SMILES string of the molecule is C=CC(=O)NNc1nc(Nc2ncc(C(N)=O)s2)nc(N2CCN(CCOC)CC2)n1. The Labute approximate surface area is 182 Å². The fourth-order valence-electron chi connectivity index (χ4n) is 2.72. The first-order valence-electron chi connectivity index (χ1n) is 9.42. The summed E-state index contributed by atoms with van der Waals surface area (Å²) in [5.41, 5.74) is 10.3. The number of amides is 2. The van der Waals surface area contributed by atoms with Crippen LogP contribution in [-0.2, 0) is 9.53 Å². The topological polar surface area (TPSA) is 164 Å². The Kier molecular flexibility index (Phi) is 7.64. The zero-order valence-corrected chi connectivity index (χ0v) is 17.8. The minimum Gasteiger partial charge on any atom is -0.383 e. The van der Waals surface area contributed by atoms with Gasteiger partial charge in [0.05, 0.1) is 12.8 Å². The molecule has 1 saturated heterocycles. The molecule has 2 aromatic rings. The van der Waals surface area contributed by atoms with Gasteiger partial charge in [-0.05, 0) is 6.08 Å². The molecular weight excluding hydrogens is 424 g/mol. The highest BCUT2D eigenvalue weighted by atomic mass is 32.1. The molecule has 0 radical (unpaired) electrons. The smallest absolute Gasteiger partial charge is 0.261 e. The third-order valence-corrected chi connectivity index (χ3v) is 5.27. The molecule has 0 bridgehead atoms. The molecule has 2 amide bonds. The number of ether oxygens (including phenoxy) is 1. The summed E-state index contributed by atoms with van der Waals surface area (Å²) in [5, 5.41) is 3.35. The number of anilines is 4. The number of rotatable bonds is 10. The van der Waals surface area contributed by atoms with Gasteiger partial charge in [-0.2, -0.15) is 15.0 Å². The van der Waals surface area contributed by atoms with E-state index in [2.05, 4.69) is 47.6 Å². The summed E-state index contributed by atoms with van der Waals surface area (Å²) in [4.78, 5) is 44.6. The molecule has 0 spiro atoms. The average Bonchev–Trinajstić information content (AvgIpc) is 3.25. The standard InChI is InChI=1S/C17H24N10O3S/c1-3-12(28)24-25-15-20-14(23-17-19-10-11(31-17)13(18)29)21-16(22-15)27-6-4-26(5-7-27)8-9-30-2/h3,10H,1,4-9H2,2H3,(H2,18,29)(H,24,28)(H2,19,20,21,22,23,25). The number of thiazole rings is 1. The van der Waals surface area contributed by atoms with Gasteiger partial charge in [-0.3, -0.25) is 30.7 Å². The first-order valence-corrected chi connectivity index (χ1v) is 10.2. The number of carbonyl (C=O) groups is 2. The summed E-state index contributed by atoms with van der Waals surface area (Å²) in [5.74, 6) is -0.230. The number of nitrogens with zero attached hydrogens (tertiary/aromatic N) is 6. The van der Waals surface area contributed by atoms with Crippen LogP contribution in [0.2, 0.25) is 0 Å². The second-order valence-electron chi connectivity index (χ2n) is 6.44. The molecule has 0 saturated carbocycles. The molecule has 3 heterocycles. The van der Waals surface area contributed by atoms with Crippen molar-refractivity contribution in [1.29, 1.82) is 0 Å². The molecule has 0 aliphatic carbocycles. The van der Waals surface area contributed by atoms with E-state index in [1.165, 1.54) is 6.20 Å². The van der Waals surface area contributed by atoms with Gasteiger partial charge in [0, 0.05) is 39.8 Å². The van der Waals surface area contributed by atoms with Crippen LogP contribution in [0.15, 0.2) is 18.9 Å². The highest BCUT2D eigenvalue weighted by Crippen LogP contribution is 2.22. The fraction of sp³-hybridized carbons (Fsp3) is 0.412. The molecule has 1 aliphatic heterocycles. The number of hydrazine groups is 1. The van der Waals surface area contributed by atoms with Gasteiger partial charge < -0.3 is 15.4 Å². The lowest BCUT2D eigenvalue weighted by atomic mass is 10.3. The molecule has 13 nitrogen and oxygen atoms in total. The Morgan fingerprint density at radius 3 is 2.65 bits per heavy atom. The van der Waals surface area contributed by atoms with Crippen LogP contribution in [0.1, 0.15) is 9.67 Å². The van der Waals surface area contributed by atoms with Crippen LogP contribution in [0.3, 0.4) is 0 Å². The summed E-state index contributed by atoms with van der Waals surface area (Å²) in [6.45, 7) is 8.04. The van der Waals surface area contributed by atoms with E-state index in [-0.39, 0.29) is 11.9 Å². The van der Waals surface area contributed by atoms with Gasteiger partial charge in [0.2, 0.25) is 17.8 Å². The quantitative estimate of drug-likeness (QED) is 0.275. The van der Waals surface area contributed by atoms with E-state index in [0.29, 0.717) is 35.7 Å². The molecule has 1 fully saturated rings. The molecule has 5 N–H and O–H groups in total. The minimum absolute atomic E-state index is 0.135. The van der Waals surface area contributed by atoms with Crippen LogP contribution in [-0.4, -0.2) is 83.1 Å². The zero-order chi connectivity index (χ0) is 22.2. The lowest BCUT2D eigenvalue weighted by Gasteiger charge is -2.34. The van der Waals surface area contributed by atoms with Gasteiger partial charge in [-0.25, -0.2) is 4.98 Å². The Hall–Kier alpha value is -3.36. The van der Waals surface area contributed by atoms with Crippen LogP contribution < -0.4 is 26.8 Å². The first-order chi connectivity index (χ1) is 15.0. The summed E-state index contributed by atoms with van der Waals surface area (Å²) < 4.78 is 5.14. The van der Waals surface area contributed by atoms with E-state index in [1.54, 1.807) is 7.11 Å². The molecule has 0 aromatic carbocycles. The summed E-state index contributed by atoms with van der Waals surface area (Å²) in [7, 11) is 1.68. The van der Waals surface area contributed by atoms with Crippen molar-refractivity contribution in [3.63, 3.8) is 0 Å². The van der Waals surface area contributed by atoms with Crippen molar-refractivity contribution in [3.05, 3.63) is 23.7 Å². The Morgan fingerprint density at radius 1 is 1.26 bits per heavy atom. The maximum atomic E-state index is 11.5. The average molecular weight is 449 g/mol. The lowest BCUT2D eigenvalue weighted by molar-refractivity contribution is -0.116. The molecule has 14 heteroatoms. The van der Waals surface area contributed by atoms with Gasteiger partial charge in [-0.15, -0.1) is 0 Å². The number of hydrogen-bond donors (Lipinski definition) is 4. The van der Waals surface area contributed by atoms with E-state index in [9.17, 15) is 9.59 Å². The number of hydrogen-bond acceptors (Lipinski definition) is 12. The van der Waals surface area contributed by atoms with Crippen molar-refractivity contribution < 1.29 is 14.3 Å². The molecule has 166 valence electrons. The van der Waals surface area contributed by atoms with Crippen molar-refractivity contribution in [2.24, 2.45) is 5.73 Å². The number of methoxy groups -OCH3 is 1. The zero-order valence-electron chi connectivity index (χ0n) is 17.0. The summed E-state index contributed by atoms with van der Waals surface area (Å²) in [6.07, 6.45) is 2.49. The van der Waals surface area contributed by atoms with Crippen molar-refractivity contribution >= 4 is 46.1 Å². The van der Waals surface area contributed by atoms with Gasteiger partial charge in [0.25, 0.3) is 11.8 Å². The molecule has 0 unspecified atom stereocenters. The molecule has 2 aromatic heterocycles. The largest absolute Gasteiger partial charge is 0.383 e. The maximum absolute atomic E-state index is 11.5. The second-order valence-corrected chi connectivity index (χ2v) is 7.47. The lowest BCUT2D eigenvalue weighted by Crippen LogP contribution is -2.48. The van der Waals surface area contributed by atoms with Crippen molar-refractivity contribution in [1.82, 2.24) is 30.3 Å². The molecule has 1 aliphatic rings.